The zero-order valence-corrected chi connectivity index (χ0v) is 14.9. The Kier molecular flexibility index (Phi) is 4.66. The zero-order chi connectivity index (χ0) is 19.1. The van der Waals surface area contributed by atoms with Crippen LogP contribution in [0.4, 0.5) is 23.8 Å². The average Bonchev–Trinajstić information content (AvgIpc) is 3.03. The first-order valence-corrected chi connectivity index (χ1v) is 8.45. The molecule has 3 heterocycles. The number of likely N-dealkylation sites (tertiary alicyclic amines) is 1. The fraction of sp³-hybridized carbons (Fsp3) is 0.647. The van der Waals surface area contributed by atoms with Gasteiger partial charge < -0.3 is 19.3 Å². The molecule has 1 aromatic heterocycles. The number of hydrogen-bond donors (Lipinski definition) is 0. The van der Waals surface area contributed by atoms with Gasteiger partial charge in [-0.1, -0.05) is 0 Å². The molecule has 0 unspecified atom stereocenters. The molecular formula is C17H22F3N3O3. The summed E-state index contributed by atoms with van der Waals surface area (Å²) in [6.45, 7) is 8.15. The van der Waals surface area contributed by atoms with E-state index in [2.05, 4.69) is 9.72 Å². The Balaban J connectivity index is 1.56. The number of anilines is 1. The van der Waals surface area contributed by atoms with Crippen LogP contribution in [-0.2, 0) is 4.74 Å². The number of pyridine rings is 1. The number of halogens is 3. The van der Waals surface area contributed by atoms with E-state index in [0.717, 1.165) is 6.20 Å². The summed E-state index contributed by atoms with van der Waals surface area (Å²) in [6.07, 6.45) is -3.95. The molecule has 6 nitrogen and oxygen atoms in total. The van der Waals surface area contributed by atoms with Gasteiger partial charge in [-0.25, -0.2) is 9.78 Å². The standard InChI is InChI=1S/C17H22F3N3O3/c1-16(2,3)26-15(24)23-9-11-7-22(8-12(11)10-23)14-5-4-13(6-21-14)25-17(18,19)20/h4-6,11-12H,7-10H2,1-3H3/t11-,12-/m1/s1. The second-order valence-electron chi connectivity index (χ2n) is 7.71. The number of hydrogen-bond acceptors (Lipinski definition) is 5. The summed E-state index contributed by atoms with van der Waals surface area (Å²) in [5.74, 6) is 0.875. The maximum Gasteiger partial charge on any atom is 0.573 e. The first kappa shape index (κ1) is 18.6. The lowest BCUT2D eigenvalue weighted by molar-refractivity contribution is -0.274. The lowest BCUT2D eigenvalue weighted by Crippen LogP contribution is -2.37. The van der Waals surface area contributed by atoms with Gasteiger partial charge in [-0.2, -0.15) is 0 Å². The number of fused-ring (bicyclic) bond motifs is 1. The summed E-state index contributed by atoms with van der Waals surface area (Å²) in [4.78, 5) is 20.0. The Bertz CT molecular complexity index is 644. The van der Waals surface area contributed by atoms with Gasteiger partial charge in [0, 0.05) is 38.0 Å². The van der Waals surface area contributed by atoms with Crippen molar-refractivity contribution < 1.29 is 27.4 Å². The van der Waals surface area contributed by atoms with Crippen LogP contribution >= 0.6 is 0 Å². The van der Waals surface area contributed by atoms with Crippen molar-refractivity contribution in [2.75, 3.05) is 31.1 Å². The number of aromatic nitrogens is 1. The van der Waals surface area contributed by atoms with Crippen LogP contribution in [0.5, 0.6) is 5.75 Å². The molecule has 0 N–H and O–H groups in total. The molecule has 2 aliphatic rings. The quantitative estimate of drug-likeness (QED) is 0.796. The molecule has 2 fully saturated rings. The Morgan fingerprint density at radius 1 is 1.12 bits per heavy atom. The molecule has 2 saturated heterocycles. The van der Waals surface area contributed by atoms with Crippen LogP contribution in [0.15, 0.2) is 18.3 Å². The van der Waals surface area contributed by atoms with Crippen molar-refractivity contribution in [3.05, 3.63) is 18.3 Å². The van der Waals surface area contributed by atoms with Crippen molar-refractivity contribution in [2.45, 2.75) is 32.7 Å². The van der Waals surface area contributed by atoms with Crippen molar-refractivity contribution in [1.29, 1.82) is 0 Å². The van der Waals surface area contributed by atoms with E-state index >= 15 is 0 Å². The highest BCUT2D eigenvalue weighted by Gasteiger charge is 2.43. The number of rotatable bonds is 2. The molecular weight excluding hydrogens is 351 g/mol. The largest absolute Gasteiger partial charge is 0.573 e. The predicted octanol–water partition coefficient (Wildman–Crippen LogP) is 3.28. The van der Waals surface area contributed by atoms with Crippen molar-refractivity contribution in [3.8, 4) is 5.75 Å². The highest BCUT2D eigenvalue weighted by molar-refractivity contribution is 5.68. The summed E-state index contributed by atoms with van der Waals surface area (Å²) >= 11 is 0. The van der Waals surface area contributed by atoms with E-state index in [4.69, 9.17) is 4.74 Å². The molecule has 0 bridgehead atoms. The molecule has 26 heavy (non-hydrogen) atoms. The van der Waals surface area contributed by atoms with E-state index in [0.29, 0.717) is 43.8 Å². The topological polar surface area (TPSA) is 54.9 Å². The van der Waals surface area contributed by atoms with E-state index < -0.39 is 12.0 Å². The molecule has 0 radical (unpaired) electrons. The average molecular weight is 373 g/mol. The van der Waals surface area contributed by atoms with Crippen LogP contribution in [0, 0.1) is 11.8 Å². The molecule has 2 atom stereocenters. The number of ether oxygens (including phenoxy) is 2. The maximum absolute atomic E-state index is 12.2. The summed E-state index contributed by atoms with van der Waals surface area (Å²) in [6, 6.07) is 2.78. The SMILES string of the molecule is CC(C)(C)OC(=O)N1C[C@H]2CN(c3ccc(OC(F)(F)F)cn3)C[C@@H]2C1. The monoisotopic (exact) mass is 373 g/mol. The van der Waals surface area contributed by atoms with Gasteiger partial charge in [-0.3, -0.25) is 0 Å². The molecule has 144 valence electrons. The third-order valence-electron chi connectivity index (χ3n) is 4.42. The first-order chi connectivity index (χ1) is 12.0. The second kappa shape index (κ2) is 6.51. The lowest BCUT2D eigenvalue weighted by atomic mass is 10.0. The van der Waals surface area contributed by atoms with Gasteiger partial charge in [-0.15, -0.1) is 13.2 Å². The highest BCUT2D eigenvalue weighted by atomic mass is 19.4. The van der Waals surface area contributed by atoms with E-state index in [1.807, 2.05) is 25.7 Å². The number of amides is 1. The smallest absolute Gasteiger partial charge is 0.444 e. The predicted molar refractivity (Wildman–Crippen MR) is 87.9 cm³/mol. The molecule has 1 aromatic rings. The van der Waals surface area contributed by atoms with E-state index in [1.54, 1.807) is 4.90 Å². The van der Waals surface area contributed by atoms with E-state index in [1.165, 1.54) is 12.1 Å². The molecule has 0 saturated carbocycles. The van der Waals surface area contributed by atoms with Gasteiger partial charge >= 0.3 is 12.5 Å². The Labute approximate surface area is 149 Å². The van der Waals surface area contributed by atoms with E-state index in [9.17, 15) is 18.0 Å². The molecule has 2 aliphatic heterocycles. The number of carbonyl (C=O) groups is 1. The van der Waals surface area contributed by atoms with Crippen molar-refractivity contribution >= 4 is 11.9 Å². The van der Waals surface area contributed by atoms with Gasteiger partial charge in [0.15, 0.2) is 0 Å². The summed E-state index contributed by atoms with van der Waals surface area (Å²) in [5, 5.41) is 0. The second-order valence-corrected chi connectivity index (χ2v) is 7.71. The van der Waals surface area contributed by atoms with Crippen LogP contribution in [0.1, 0.15) is 20.8 Å². The highest BCUT2D eigenvalue weighted by Crippen LogP contribution is 2.34. The third kappa shape index (κ3) is 4.50. The number of alkyl halides is 3. The van der Waals surface area contributed by atoms with Crippen LogP contribution in [0.2, 0.25) is 0 Å². The molecule has 9 heteroatoms. The minimum Gasteiger partial charge on any atom is -0.444 e. The minimum absolute atomic E-state index is 0.301. The van der Waals surface area contributed by atoms with Crippen molar-refractivity contribution in [2.24, 2.45) is 11.8 Å². The molecule has 0 aromatic carbocycles. The van der Waals surface area contributed by atoms with Gasteiger partial charge in [0.25, 0.3) is 0 Å². The first-order valence-electron chi connectivity index (χ1n) is 8.45. The van der Waals surface area contributed by atoms with E-state index in [-0.39, 0.29) is 11.8 Å². The Morgan fingerprint density at radius 2 is 1.73 bits per heavy atom. The molecule has 0 aliphatic carbocycles. The number of carbonyl (C=O) groups excluding carboxylic acids is 1. The summed E-state index contributed by atoms with van der Waals surface area (Å²) < 4.78 is 45.8. The van der Waals surface area contributed by atoms with Crippen LogP contribution in [-0.4, -0.2) is 54.1 Å². The normalized spacial score (nSPS) is 23.2. The number of nitrogens with zero attached hydrogens (tertiary/aromatic N) is 3. The zero-order valence-electron chi connectivity index (χ0n) is 14.9. The summed E-state index contributed by atoms with van der Waals surface area (Å²) in [7, 11) is 0. The van der Waals surface area contributed by atoms with Gasteiger partial charge in [0.05, 0.1) is 6.20 Å². The Morgan fingerprint density at radius 3 is 2.19 bits per heavy atom. The van der Waals surface area contributed by atoms with Gasteiger partial charge in [-0.05, 0) is 32.9 Å². The Hall–Kier alpha value is -2.19. The van der Waals surface area contributed by atoms with Gasteiger partial charge in [0.1, 0.15) is 17.2 Å². The third-order valence-corrected chi connectivity index (χ3v) is 4.42. The van der Waals surface area contributed by atoms with Crippen molar-refractivity contribution in [1.82, 2.24) is 9.88 Å². The minimum atomic E-state index is -4.72. The van der Waals surface area contributed by atoms with Crippen molar-refractivity contribution in [3.63, 3.8) is 0 Å². The van der Waals surface area contributed by atoms with Gasteiger partial charge in [0.2, 0.25) is 0 Å². The summed E-state index contributed by atoms with van der Waals surface area (Å²) in [5.41, 5.74) is -0.523. The van der Waals surface area contributed by atoms with Crippen LogP contribution in [0.3, 0.4) is 0 Å². The molecule has 1 amide bonds. The van der Waals surface area contributed by atoms with Crippen LogP contribution < -0.4 is 9.64 Å². The maximum atomic E-state index is 12.2. The molecule has 0 spiro atoms. The fourth-order valence-electron chi connectivity index (χ4n) is 3.41. The van der Waals surface area contributed by atoms with Crippen LogP contribution in [0.25, 0.3) is 0 Å². The molecule has 3 rings (SSSR count). The lowest BCUT2D eigenvalue weighted by Gasteiger charge is -2.26. The fourth-order valence-corrected chi connectivity index (χ4v) is 3.41.